The SMILES string of the molecule is CCCS(=O)(=O)Nc1cccc(C(=O)N2CCC(CNC)C2)c1.Cl. The Morgan fingerprint density at radius 2 is 2.12 bits per heavy atom. The maximum Gasteiger partial charge on any atom is 0.253 e. The summed E-state index contributed by atoms with van der Waals surface area (Å²) in [5, 5.41) is 3.14. The summed E-state index contributed by atoms with van der Waals surface area (Å²) in [5.41, 5.74) is 0.960. The van der Waals surface area contributed by atoms with Gasteiger partial charge in [-0.2, -0.15) is 0 Å². The average molecular weight is 376 g/mol. The zero-order chi connectivity index (χ0) is 16.9. The zero-order valence-electron chi connectivity index (χ0n) is 14.1. The fourth-order valence-corrected chi connectivity index (χ4v) is 4.00. The molecule has 8 heteroatoms. The summed E-state index contributed by atoms with van der Waals surface area (Å²) < 4.78 is 26.2. The van der Waals surface area contributed by atoms with Crippen LogP contribution in [0.2, 0.25) is 0 Å². The number of benzene rings is 1. The van der Waals surface area contributed by atoms with Crippen molar-refractivity contribution < 1.29 is 13.2 Å². The Balaban J connectivity index is 0.00000288. The first-order valence-corrected chi connectivity index (χ1v) is 9.65. The van der Waals surface area contributed by atoms with Gasteiger partial charge >= 0.3 is 0 Å². The van der Waals surface area contributed by atoms with Crippen molar-refractivity contribution in [3.8, 4) is 0 Å². The number of sulfonamides is 1. The van der Waals surface area contributed by atoms with Gasteiger partial charge in [-0.15, -0.1) is 12.4 Å². The molecular weight excluding hydrogens is 350 g/mol. The Kier molecular flexibility index (Phi) is 7.99. The van der Waals surface area contributed by atoms with Gasteiger partial charge in [0, 0.05) is 24.3 Å². The highest BCUT2D eigenvalue weighted by Crippen LogP contribution is 2.20. The van der Waals surface area contributed by atoms with E-state index in [1.807, 2.05) is 18.9 Å². The minimum atomic E-state index is -3.35. The standard InChI is InChI=1S/C16H25N3O3S.ClH/c1-3-9-23(21,22)18-15-6-4-5-14(10-15)16(20)19-8-7-13(12-19)11-17-2;/h4-6,10,13,17-18H,3,7-9,11-12H2,1-2H3;1H. The minimum absolute atomic E-state index is 0. The number of likely N-dealkylation sites (tertiary alicyclic amines) is 1. The van der Waals surface area contributed by atoms with E-state index in [0.29, 0.717) is 23.6 Å². The fraction of sp³-hybridized carbons (Fsp3) is 0.562. The van der Waals surface area contributed by atoms with Crippen LogP contribution in [0.5, 0.6) is 0 Å². The Hall–Kier alpha value is -1.31. The second kappa shape index (κ2) is 9.25. The predicted molar refractivity (Wildman–Crippen MR) is 99.3 cm³/mol. The summed E-state index contributed by atoms with van der Waals surface area (Å²) in [7, 11) is -1.43. The van der Waals surface area contributed by atoms with E-state index in [2.05, 4.69) is 10.0 Å². The molecule has 1 unspecified atom stereocenters. The third-order valence-electron chi connectivity index (χ3n) is 3.92. The van der Waals surface area contributed by atoms with Crippen LogP contribution in [0.25, 0.3) is 0 Å². The van der Waals surface area contributed by atoms with Gasteiger partial charge in [0.25, 0.3) is 5.91 Å². The summed E-state index contributed by atoms with van der Waals surface area (Å²) >= 11 is 0. The zero-order valence-corrected chi connectivity index (χ0v) is 15.8. The molecule has 1 aliphatic heterocycles. The molecule has 1 aromatic rings. The molecule has 1 heterocycles. The fourth-order valence-electron chi connectivity index (χ4n) is 2.87. The Morgan fingerprint density at radius 1 is 1.38 bits per heavy atom. The van der Waals surface area contributed by atoms with E-state index < -0.39 is 10.0 Å². The highest BCUT2D eigenvalue weighted by molar-refractivity contribution is 7.92. The summed E-state index contributed by atoms with van der Waals surface area (Å²) in [4.78, 5) is 14.4. The summed E-state index contributed by atoms with van der Waals surface area (Å²) in [5.74, 6) is 0.513. The second-order valence-electron chi connectivity index (χ2n) is 5.97. The minimum Gasteiger partial charge on any atom is -0.338 e. The van der Waals surface area contributed by atoms with Crippen LogP contribution in [0, 0.1) is 5.92 Å². The van der Waals surface area contributed by atoms with Crippen molar-refractivity contribution in [3.05, 3.63) is 29.8 Å². The van der Waals surface area contributed by atoms with Gasteiger partial charge in [0.1, 0.15) is 0 Å². The molecule has 0 bridgehead atoms. The summed E-state index contributed by atoms with van der Waals surface area (Å²) in [6.45, 7) is 4.21. The number of rotatable bonds is 7. The third-order valence-corrected chi connectivity index (χ3v) is 5.41. The number of amides is 1. The van der Waals surface area contributed by atoms with Gasteiger partial charge < -0.3 is 10.2 Å². The van der Waals surface area contributed by atoms with E-state index in [1.54, 1.807) is 24.3 Å². The van der Waals surface area contributed by atoms with Crippen LogP contribution in [-0.2, 0) is 10.0 Å². The van der Waals surface area contributed by atoms with Gasteiger partial charge in [-0.05, 0) is 50.6 Å². The third kappa shape index (κ3) is 5.65. The number of hydrogen-bond acceptors (Lipinski definition) is 4. The van der Waals surface area contributed by atoms with E-state index in [0.717, 1.165) is 26.1 Å². The molecule has 1 fully saturated rings. The number of carbonyl (C=O) groups is 1. The molecule has 136 valence electrons. The van der Waals surface area contributed by atoms with E-state index in [9.17, 15) is 13.2 Å². The van der Waals surface area contributed by atoms with Crippen LogP contribution in [0.3, 0.4) is 0 Å². The maximum atomic E-state index is 12.6. The lowest BCUT2D eigenvalue weighted by molar-refractivity contribution is 0.0787. The van der Waals surface area contributed by atoms with Crippen LogP contribution < -0.4 is 10.0 Å². The van der Waals surface area contributed by atoms with Gasteiger partial charge in [-0.1, -0.05) is 13.0 Å². The molecule has 6 nitrogen and oxygen atoms in total. The molecule has 0 spiro atoms. The van der Waals surface area contributed by atoms with Crippen molar-refractivity contribution in [1.82, 2.24) is 10.2 Å². The molecule has 2 N–H and O–H groups in total. The first-order valence-electron chi connectivity index (χ1n) is 7.99. The number of hydrogen-bond donors (Lipinski definition) is 2. The Bertz CT molecular complexity index is 652. The number of nitrogens with zero attached hydrogens (tertiary/aromatic N) is 1. The van der Waals surface area contributed by atoms with E-state index >= 15 is 0 Å². The largest absolute Gasteiger partial charge is 0.338 e. The highest BCUT2D eigenvalue weighted by Gasteiger charge is 2.26. The molecule has 0 saturated carbocycles. The van der Waals surface area contributed by atoms with Crippen LogP contribution in [0.4, 0.5) is 5.69 Å². The molecule has 0 radical (unpaired) electrons. The molecule has 0 aromatic heterocycles. The highest BCUT2D eigenvalue weighted by atomic mass is 35.5. The van der Waals surface area contributed by atoms with E-state index in [-0.39, 0.29) is 24.1 Å². The van der Waals surface area contributed by atoms with Crippen molar-refractivity contribution in [2.75, 3.05) is 37.2 Å². The first-order chi connectivity index (χ1) is 10.9. The number of carbonyl (C=O) groups excluding carboxylic acids is 1. The van der Waals surface area contributed by atoms with Crippen molar-refractivity contribution in [1.29, 1.82) is 0 Å². The predicted octanol–water partition coefficient (Wildman–Crippen LogP) is 1.94. The summed E-state index contributed by atoms with van der Waals surface area (Å²) in [6, 6.07) is 6.71. The lowest BCUT2D eigenvalue weighted by Crippen LogP contribution is -2.30. The Labute approximate surface area is 150 Å². The quantitative estimate of drug-likeness (QED) is 0.763. The van der Waals surface area contributed by atoms with Crippen molar-refractivity contribution in [2.45, 2.75) is 19.8 Å². The molecule has 0 aliphatic carbocycles. The van der Waals surface area contributed by atoms with Crippen LogP contribution in [0.1, 0.15) is 30.1 Å². The molecule has 1 aliphatic rings. The number of anilines is 1. The molecule has 1 amide bonds. The van der Waals surface area contributed by atoms with Gasteiger partial charge in [0.15, 0.2) is 0 Å². The number of nitrogens with one attached hydrogen (secondary N) is 2. The molecule has 2 rings (SSSR count). The first kappa shape index (κ1) is 20.7. The van der Waals surface area contributed by atoms with Crippen LogP contribution >= 0.6 is 12.4 Å². The topological polar surface area (TPSA) is 78.5 Å². The molecule has 24 heavy (non-hydrogen) atoms. The van der Waals surface area contributed by atoms with Gasteiger partial charge in [0.05, 0.1) is 5.75 Å². The smallest absolute Gasteiger partial charge is 0.253 e. The van der Waals surface area contributed by atoms with Crippen LogP contribution in [-0.4, -0.2) is 51.7 Å². The van der Waals surface area contributed by atoms with Gasteiger partial charge in [0.2, 0.25) is 10.0 Å². The normalized spacial score (nSPS) is 17.4. The number of halogens is 1. The lowest BCUT2D eigenvalue weighted by Gasteiger charge is -2.17. The van der Waals surface area contributed by atoms with E-state index in [1.165, 1.54) is 0 Å². The van der Waals surface area contributed by atoms with E-state index in [4.69, 9.17) is 0 Å². The Morgan fingerprint density at radius 3 is 2.79 bits per heavy atom. The van der Waals surface area contributed by atoms with Crippen LogP contribution in [0.15, 0.2) is 24.3 Å². The van der Waals surface area contributed by atoms with Gasteiger partial charge in [-0.25, -0.2) is 8.42 Å². The monoisotopic (exact) mass is 375 g/mol. The molecular formula is C16H26ClN3O3S. The second-order valence-corrected chi connectivity index (χ2v) is 7.81. The summed E-state index contributed by atoms with van der Waals surface area (Å²) in [6.07, 6.45) is 1.55. The van der Waals surface area contributed by atoms with Crippen molar-refractivity contribution >= 4 is 34.0 Å². The van der Waals surface area contributed by atoms with Crippen molar-refractivity contribution in [3.63, 3.8) is 0 Å². The van der Waals surface area contributed by atoms with Gasteiger partial charge in [-0.3, -0.25) is 9.52 Å². The van der Waals surface area contributed by atoms with Crippen molar-refractivity contribution in [2.24, 2.45) is 5.92 Å². The lowest BCUT2D eigenvalue weighted by atomic mass is 10.1. The molecule has 1 saturated heterocycles. The molecule has 1 aromatic carbocycles. The maximum absolute atomic E-state index is 12.6. The molecule has 1 atom stereocenters. The average Bonchev–Trinajstić information content (AvgIpc) is 2.95.